The minimum atomic E-state index is 0.00117. The fourth-order valence-electron chi connectivity index (χ4n) is 2.98. The number of hydrogen-bond donors (Lipinski definition) is 2. The first-order valence-electron chi connectivity index (χ1n) is 9.20. The molecule has 4 aromatic rings. The van der Waals surface area contributed by atoms with Crippen LogP contribution in [-0.4, -0.2) is 26.7 Å². The van der Waals surface area contributed by atoms with Gasteiger partial charge in [-0.05, 0) is 60.5 Å². The lowest BCUT2D eigenvalue weighted by Gasteiger charge is -2.12. The molecular weight excluding hydrogens is 364 g/mol. The van der Waals surface area contributed by atoms with E-state index >= 15 is 0 Å². The monoisotopic (exact) mass is 384 g/mol. The minimum absolute atomic E-state index is 0.00117. The van der Waals surface area contributed by atoms with Crippen LogP contribution in [0.1, 0.15) is 11.1 Å². The largest absolute Gasteiger partial charge is 0.455 e. The molecule has 0 unspecified atom stereocenters. The molecule has 2 aromatic heterocycles. The van der Waals surface area contributed by atoms with Gasteiger partial charge in [-0.15, -0.1) is 0 Å². The molecule has 0 aliphatic carbocycles. The summed E-state index contributed by atoms with van der Waals surface area (Å²) < 4.78 is 5.89. The molecule has 0 saturated heterocycles. The first kappa shape index (κ1) is 18.6. The number of benzene rings is 2. The van der Waals surface area contributed by atoms with E-state index in [0.717, 1.165) is 39.3 Å². The van der Waals surface area contributed by atoms with Crippen molar-refractivity contribution < 1.29 is 9.84 Å². The second-order valence-electron chi connectivity index (χ2n) is 6.48. The van der Waals surface area contributed by atoms with Gasteiger partial charge >= 0.3 is 0 Å². The highest BCUT2D eigenvalue weighted by molar-refractivity contribution is 5.92. The lowest BCUT2D eigenvalue weighted by atomic mass is 10.1. The number of rotatable bonds is 6. The molecule has 0 aliphatic heterocycles. The molecule has 6 nitrogen and oxygen atoms in total. The van der Waals surface area contributed by atoms with E-state index in [-0.39, 0.29) is 6.61 Å². The maximum Gasteiger partial charge on any atom is 0.145 e. The van der Waals surface area contributed by atoms with Crippen molar-refractivity contribution in [2.45, 2.75) is 6.92 Å². The third-order valence-corrected chi connectivity index (χ3v) is 4.37. The van der Waals surface area contributed by atoms with Crippen LogP contribution in [0, 0.1) is 6.92 Å². The summed E-state index contributed by atoms with van der Waals surface area (Å²) in [5, 5.41) is 13.3. The van der Waals surface area contributed by atoms with Gasteiger partial charge in [-0.25, -0.2) is 9.97 Å². The van der Waals surface area contributed by atoms with Crippen LogP contribution in [0.5, 0.6) is 11.5 Å². The number of hydrogen-bond acceptors (Lipinski definition) is 6. The number of aliphatic hydroxyl groups excluding tert-OH is 1. The second-order valence-corrected chi connectivity index (χ2v) is 6.48. The summed E-state index contributed by atoms with van der Waals surface area (Å²) in [7, 11) is 0. The van der Waals surface area contributed by atoms with Crippen LogP contribution in [0.15, 0.2) is 73.3 Å². The Bertz CT molecular complexity index is 1160. The number of anilines is 2. The number of nitrogens with zero attached hydrogens (tertiary/aromatic N) is 3. The van der Waals surface area contributed by atoms with Crippen molar-refractivity contribution in [1.82, 2.24) is 15.0 Å². The first-order valence-corrected chi connectivity index (χ1v) is 9.20. The third-order valence-electron chi connectivity index (χ3n) is 4.37. The van der Waals surface area contributed by atoms with Crippen molar-refractivity contribution in [3.05, 3.63) is 84.5 Å². The molecule has 2 N–H and O–H groups in total. The van der Waals surface area contributed by atoms with E-state index < -0.39 is 0 Å². The summed E-state index contributed by atoms with van der Waals surface area (Å²) >= 11 is 0. The number of aliphatic hydroxyl groups is 1. The zero-order chi connectivity index (χ0) is 20.1. The maximum atomic E-state index is 8.99. The van der Waals surface area contributed by atoms with Gasteiger partial charge in [-0.1, -0.05) is 18.2 Å². The molecule has 29 heavy (non-hydrogen) atoms. The molecular formula is C23H20N4O2. The van der Waals surface area contributed by atoms with Gasteiger partial charge in [-0.2, -0.15) is 0 Å². The highest BCUT2D eigenvalue weighted by Gasteiger charge is 2.07. The predicted octanol–water partition coefficient (Wildman–Crippen LogP) is 4.87. The van der Waals surface area contributed by atoms with Gasteiger partial charge in [-0.3, -0.25) is 4.98 Å². The fraction of sp³-hybridized carbons (Fsp3) is 0.0870. The molecule has 0 atom stereocenters. The Kier molecular flexibility index (Phi) is 5.45. The Morgan fingerprint density at radius 2 is 2.03 bits per heavy atom. The minimum Gasteiger partial charge on any atom is -0.455 e. The Morgan fingerprint density at radius 3 is 2.83 bits per heavy atom. The first-order chi connectivity index (χ1) is 14.2. The maximum absolute atomic E-state index is 8.99. The Balaban J connectivity index is 1.61. The number of aryl methyl sites for hydroxylation is 1. The Morgan fingerprint density at radius 1 is 1.10 bits per heavy atom. The molecule has 4 rings (SSSR count). The normalized spacial score (nSPS) is 11.1. The van der Waals surface area contributed by atoms with Crippen LogP contribution in [0.4, 0.5) is 11.5 Å². The topological polar surface area (TPSA) is 80.2 Å². The van der Waals surface area contributed by atoms with Crippen molar-refractivity contribution in [3.63, 3.8) is 0 Å². The van der Waals surface area contributed by atoms with Crippen LogP contribution < -0.4 is 10.1 Å². The quantitative estimate of drug-likeness (QED) is 0.493. The second kappa shape index (κ2) is 8.50. The molecule has 0 fully saturated rings. The molecule has 0 amide bonds. The molecule has 6 heteroatoms. The lowest BCUT2D eigenvalue weighted by Crippen LogP contribution is -1.97. The highest BCUT2D eigenvalue weighted by atomic mass is 16.5. The standard InChI is InChI=1S/C23H20N4O2/c1-16-12-18(7-9-22(16)29-19-5-2-10-24-14-19)27-23-20-13-17(4-3-11-28)6-8-21(20)25-15-26-23/h2-10,12-15,28H,11H2,1H3,(H,25,26,27)/b4-3+. The molecule has 0 radical (unpaired) electrons. The summed E-state index contributed by atoms with van der Waals surface area (Å²) in [6, 6.07) is 15.5. The van der Waals surface area contributed by atoms with Gasteiger partial charge in [0, 0.05) is 17.3 Å². The summed E-state index contributed by atoms with van der Waals surface area (Å²) in [6.07, 6.45) is 8.50. The molecule has 0 saturated carbocycles. The number of fused-ring (bicyclic) bond motifs is 1. The number of nitrogens with one attached hydrogen (secondary N) is 1. The van der Waals surface area contributed by atoms with E-state index in [9.17, 15) is 0 Å². The zero-order valence-electron chi connectivity index (χ0n) is 15.9. The van der Waals surface area contributed by atoms with Crippen LogP contribution in [0.25, 0.3) is 17.0 Å². The molecule has 0 spiro atoms. The van der Waals surface area contributed by atoms with E-state index in [2.05, 4.69) is 20.3 Å². The summed E-state index contributed by atoms with van der Waals surface area (Å²) in [5.74, 6) is 2.18. The predicted molar refractivity (Wildman–Crippen MR) is 114 cm³/mol. The van der Waals surface area contributed by atoms with Crippen molar-refractivity contribution in [3.8, 4) is 11.5 Å². The summed E-state index contributed by atoms with van der Waals surface area (Å²) in [4.78, 5) is 12.8. The van der Waals surface area contributed by atoms with E-state index in [1.807, 2.05) is 61.5 Å². The lowest BCUT2D eigenvalue weighted by molar-refractivity contribution is 0.343. The van der Waals surface area contributed by atoms with Gasteiger partial charge in [0.2, 0.25) is 0 Å². The third kappa shape index (κ3) is 4.39. The molecule has 2 heterocycles. The summed E-state index contributed by atoms with van der Waals surface area (Å²) in [6.45, 7) is 1.99. The Labute approximate surface area is 168 Å². The number of pyridine rings is 1. The van der Waals surface area contributed by atoms with Gasteiger partial charge in [0.25, 0.3) is 0 Å². The van der Waals surface area contributed by atoms with Crippen LogP contribution in [-0.2, 0) is 0 Å². The number of ether oxygens (including phenoxy) is 1. The van der Waals surface area contributed by atoms with Gasteiger partial charge in [0.05, 0.1) is 18.3 Å². The summed E-state index contributed by atoms with van der Waals surface area (Å²) in [5.41, 5.74) is 3.71. The average Bonchev–Trinajstić information content (AvgIpc) is 2.75. The molecule has 0 bridgehead atoms. The average molecular weight is 384 g/mol. The van der Waals surface area contributed by atoms with Crippen LogP contribution in [0.3, 0.4) is 0 Å². The van der Waals surface area contributed by atoms with Gasteiger partial charge in [0.1, 0.15) is 23.6 Å². The van der Waals surface area contributed by atoms with Crippen molar-refractivity contribution >= 4 is 28.5 Å². The van der Waals surface area contributed by atoms with Gasteiger partial charge < -0.3 is 15.2 Å². The molecule has 2 aromatic carbocycles. The van der Waals surface area contributed by atoms with E-state index in [1.165, 1.54) is 0 Å². The van der Waals surface area contributed by atoms with Crippen molar-refractivity contribution in [2.75, 3.05) is 11.9 Å². The smallest absolute Gasteiger partial charge is 0.145 e. The van der Waals surface area contributed by atoms with E-state index in [0.29, 0.717) is 5.75 Å². The van der Waals surface area contributed by atoms with Crippen molar-refractivity contribution in [2.24, 2.45) is 0 Å². The number of aromatic nitrogens is 3. The SMILES string of the molecule is Cc1cc(Nc2ncnc3ccc(/C=C/CO)cc23)ccc1Oc1cccnc1. The highest BCUT2D eigenvalue weighted by Crippen LogP contribution is 2.29. The molecule has 0 aliphatic rings. The fourth-order valence-corrected chi connectivity index (χ4v) is 2.98. The zero-order valence-corrected chi connectivity index (χ0v) is 15.9. The van der Waals surface area contributed by atoms with Crippen molar-refractivity contribution in [1.29, 1.82) is 0 Å². The van der Waals surface area contributed by atoms with E-state index in [4.69, 9.17) is 9.84 Å². The van der Waals surface area contributed by atoms with Gasteiger partial charge in [0.15, 0.2) is 0 Å². The van der Waals surface area contributed by atoms with E-state index in [1.54, 1.807) is 24.8 Å². The van der Waals surface area contributed by atoms with Crippen LogP contribution >= 0.6 is 0 Å². The Hall–Kier alpha value is -3.77. The van der Waals surface area contributed by atoms with Crippen LogP contribution in [0.2, 0.25) is 0 Å². The molecule has 144 valence electrons.